The highest BCUT2D eigenvalue weighted by atomic mass is 79.9. The minimum atomic E-state index is 0. The maximum Gasteiger partial charge on any atom is 0.0454 e. The summed E-state index contributed by atoms with van der Waals surface area (Å²) in [6.45, 7) is 6.57. The van der Waals surface area contributed by atoms with E-state index in [1.807, 2.05) is 12.1 Å². The second-order valence-corrected chi connectivity index (χ2v) is 5.70. The lowest BCUT2D eigenvalue weighted by Crippen LogP contribution is -2.45. The number of nitrogens with zero attached hydrogens (tertiary/aromatic N) is 1. The van der Waals surface area contributed by atoms with Crippen molar-refractivity contribution in [2.45, 2.75) is 19.4 Å². The van der Waals surface area contributed by atoms with Crippen LogP contribution in [0.25, 0.3) is 0 Å². The number of rotatable bonds is 3. The molecule has 1 aliphatic rings. The fourth-order valence-electron chi connectivity index (χ4n) is 2.44. The average Bonchev–Trinajstić information content (AvgIpc) is 2.36. The van der Waals surface area contributed by atoms with Crippen molar-refractivity contribution < 1.29 is 0 Å². The molecule has 0 spiro atoms. The number of benzene rings is 1. The van der Waals surface area contributed by atoms with Crippen LogP contribution in [0, 0.1) is 0 Å². The van der Waals surface area contributed by atoms with Gasteiger partial charge in [0.05, 0.1) is 0 Å². The largest absolute Gasteiger partial charge is 0.314 e. The van der Waals surface area contributed by atoms with Crippen LogP contribution in [0.2, 0.25) is 5.02 Å². The first kappa shape index (κ1) is 19.5. The molecule has 0 radical (unpaired) electrons. The molecular weight excluding hydrogens is 370 g/mol. The number of nitrogens with one attached hydrogen (secondary N) is 1. The zero-order valence-corrected chi connectivity index (χ0v) is 14.8. The SMILES string of the molecule is CC[C@H](c1cc(Br)ccc1Cl)N1CCNCC1.Cl.Cl. The summed E-state index contributed by atoms with van der Waals surface area (Å²) in [6, 6.07) is 6.56. The smallest absolute Gasteiger partial charge is 0.0454 e. The van der Waals surface area contributed by atoms with E-state index in [4.69, 9.17) is 11.6 Å². The quantitative estimate of drug-likeness (QED) is 0.828. The van der Waals surface area contributed by atoms with Crippen LogP contribution < -0.4 is 5.32 Å². The molecule has 1 heterocycles. The zero-order chi connectivity index (χ0) is 12.3. The normalized spacial score (nSPS) is 17.2. The summed E-state index contributed by atoms with van der Waals surface area (Å²) in [5, 5.41) is 4.26. The van der Waals surface area contributed by atoms with E-state index < -0.39 is 0 Å². The van der Waals surface area contributed by atoms with Crippen LogP contribution in [-0.2, 0) is 0 Å². The molecule has 1 N–H and O–H groups in total. The van der Waals surface area contributed by atoms with Gasteiger partial charge in [-0.1, -0.05) is 34.5 Å². The fourth-order valence-corrected chi connectivity index (χ4v) is 3.06. The molecule has 0 saturated carbocycles. The second kappa shape index (κ2) is 9.43. The van der Waals surface area contributed by atoms with Crippen molar-refractivity contribution in [3.05, 3.63) is 33.3 Å². The lowest BCUT2D eigenvalue weighted by molar-refractivity contribution is 0.169. The van der Waals surface area contributed by atoms with Crippen LogP contribution in [0.3, 0.4) is 0 Å². The molecule has 1 aromatic carbocycles. The van der Waals surface area contributed by atoms with Crippen LogP contribution in [0.1, 0.15) is 24.9 Å². The van der Waals surface area contributed by atoms with Crippen LogP contribution in [0.4, 0.5) is 0 Å². The summed E-state index contributed by atoms with van der Waals surface area (Å²) in [7, 11) is 0. The lowest BCUT2D eigenvalue weighted by Gasteiger charge is -2.35. The molecule has 2 nitrogen and oxygen atoms in total. The Morgan fingerprint density at radius 1 is 1.32 bits per heavy atom. The molecule has 19 heavy (non-hydrogen) atoms. The fraction of sp³-hybridized carbons (Fsp3) is 0.538. The van der Waals surface area contributed by atoms with Gasteiger partial charge in [-0.3, -0.25) is 4.90 Å². The van der Waals surface area contributed by atoms with Crippen LogP contribution in [0.5, 0.6) is 0 Å². The molecule has 110 valence electrons. The Morgan fingerprint density at radius 2 is 1.95 bits per heavy atom. The van der Waals surface area contributed by atoms with Crippen LogP contribution in [0.15, 0.2) is 22.7 Å². The van der Waals surface area contributed by atoms with Crippen molar-refractivity contribution in [3.8, 4) is 0 Å². The van der Waals surface area contributed by atoms with Gasteiger partial charge in [-0.05, 0) is 30.2 Å². The number of hydrogen-bond donors (Lipinski definition) is 1. The van der Waals surface area contributed by atoms with Gasteiger partial charge in [0.2, 0.25) is 0 Å². The first-order valence-corrected chi connectivity index (χ1v) is 7.29. The van der Waals surface area contributed by atoms with Gasteiger partial charge in [-0.25, -0.2) is 0 Å². The van der Waals surface area contributed by atoms with Crippen LogP contribution >= 0.6 is 52.3 Å². The molecule has 1 aliphatic heterocycles. The summed E-state index contributed by atoms with van der Waals surface area (Å²) in [6.07, 6.45) is 1.09. The number of piperazine rings is 1. The van der Waals surface area contributed by atoms with E-state index in [1.165, 1.54) is 5.56 Å². The Bertz CT molecular complexity index is 384. The average molecular weight is 391 g/mol. The van der Waals surface area contributed by atoms with Crippen molar-refractivity contribution in [1.82, 2.24) is 10.2 Å². The van der Waals surface area contributed by atoms with Gasteiger partial charge in [0, 0.05) is 41.7 Å². The Kier molecular flexibility index (Phi) is 9.67. The molecule has 1 saturated heterocycles. The predicted octanol–water partition coefficient (Wildman–Crippen LogP) is 4.30. The second-order valence-electron chi connectivity index (χ2n) is 4.38. The highest BCUT2D eigenvalue weighted by molar-refractivity contribution is 9.10. The molecule has 0 aromatic heterocycles. The predicted molar refractivity (Wildman–Crippen MR) is 91.1 cm³/mol. The maximum atomic E-state index is 6.33. The monoisotopic (exact) mass is 388 g/mol. The zero-order valence-electron chi connectivity index (χ0n) is 10.9. The van der Waals surface area contributed by atoms with Crippen LogP contribution in [-0.4, -0.2) is 31.1 Å². The summed E-state index contributed by atoms with van der Waals surface area (Å²) in [5.41, 5.74) is 1.24. The Hall–Kier alpha value is 0.490. The van der Waals surface area contributed by atoms with E-state index in [9.17, 15) is 0 Å². The van der Waals surface area contributed by atoms with E-state index in [-0.39, 0.29) is 24.8 Å². The van der Waals surface area contributed by atoms with Gasteiger partial charge in [-0.15, -0.1) is 24.8 Å². The molecule has 1 fully saturated rings. The summed E-state index contributed by atoms with van der Waals surface area (Å²) < 4.78 is 1.10. The molecule has 2 rings (SSSR count). The third kappa shape index (κ3) is 5.07. The highest BCUT2D eigenvalue weighted by Crippen LogP contribution is 2.32. The third-order valence-electron chi connectivity index (χ3n) is 3.30. The van der Waals surface area contributed by atoms with Gasteiger partial charge in [0.15, 0.2) is 0 Å². The molecule has 0 aliphatic carbocycles. The van der Waals surface area contributed by atoms with E-state index in [1.54, 1.807) is 0 Å². The maximum absolute atomic E-state index is 6.33. The molecule has 0 unspecified atom stereocenters. The Balaban J connectivity index is 0.00000162. The Morgan fingerprint density at radius 3 is 2.53 bits per heavy atom. The van der Waals surface area contributed by atoms with E-state index in [0.717, 1.165) is 42.1 Å². The van der Waals surface area contributed by atoms with Crippen molar-refractivity contribution >= 4 is 52.3 Å². The van der Waals surface area contributed by atoms with Crippen molar-refractivity contribution in [3.63, 3.8) is 0 Å². The first-order valence-electron chi connectivity index (χ1n) is 6.12. The molecule has 1 aromatic rings. The minimum Gasteiger partial charge on any atom is -0.314 e. The first-order chi connectivity index (χ1) is 8.22. The third-order valence-corrected chi connectivity index (χ3v) is 4.13. The molecular formula is C13H20BrCl3N2. The highest BCUT2D eigenvalue weighted by Gasteiger charge is 2.22. The van der Waals surface area contributed by atoms with Crippen molar-refractivity contribution in [2.75, 3.05) is 26.2 Å². The summed E-state index contributed by atoms with van der Waals surface area (Å²) in [5.74, 6) is 0. The lowest BCUT2D eigenvalue weighted by atomic mass is 10.0. The van der Waals surface area contributed by atoms with Gasteiger partial charge in [-0.2, -0.15) is 0 Å². The number of hydrogen-bond acceptors (Lipinski definition) is 2. The standard InChI is InChI=1S/C13H18BrClN2.2ClH/c1-2-13(17-7-5-16-6-8-17)11-9-10(14)3-4-12(11)15;;/h3-4,9,13,16H,2,5-8H2,1H3;2*1H/t13-;;/m1../s1. The Labute approximate surface area is 141 Å². The molecule has 0 bridgehead atoms. The molecule has 6 heteroatoms. The van der Waals surface area contributed by atoms with E-state index >= 15 is 0 Å². The summed E-state index contributed by atoms with van der Waals surface area (Å²) in [4.78, 5) is 2.52. The number of halogens is 4. The van der Waals surface area contributed by atoms with Gasteiger partial charge < -0.3 is 5.32 Å². The molecule has 1 atom stereocenters. The van der Waals surface area contributed by atoms with Gasteiger partial charge in [0.1, 0.15) is 0 Å². The van der Waals surface area contributed by atoms with Gasteiger partial charge in [0.25, 0.3) is 0 Å². The van der Waals surface area contributed by atoms with E-state index in [2.05, 4.69) is 39.1 Å². The van der Waals surface area contributed by atoms with Crippen molar-refractivity contribution in [2.24, 2.45) is 0 Å². The van der Waals surface area contributed by atoms with Gasteiger partial charge >= 0.3 is 0 Å². The van der Waals surface area contributed by atoms with E-state index in [0.29, 0.717) is 6.04 Å². The summed E-state index contributed by atoms with van der Waals surface area (Å²) >= 11 is 9.85. The minimum absolute atomic E-state index is 0. The van der Waals surface area contributed by atoms with Crippen molar-refractivity contribution in [1.29, 1.82) is 0 Å². The topological polar surface area (TPSA) is 15.3 Å². The molecule has 0 amide bonds.